The van der Waals surface area contributed by atoms with Crippen molar-refractivity contribution >= 4 is 0 Å². The van der Waals surface area contributed by atoms with Crippen LogP contribution in [0.2, 0.25) is 0 Å². The van der Waals surface area contributed by atoms with Gasteiger partial charge in [-0.2, -0.15) is 0 Å². The third kappa shape index (κ3) is 2.82. The van der Waals surface area contributed by atoms with E-state index >= 15 is 0 Å². The van der Waals surface area contributed by atoms with Crippen molar-refractivity contribution in [3.63, 3.8) is 0 Å². The van der Waals surface area contributed by atoms with E-state index in [1.807, 2.05) is 19.4 Å². The van der Waals surface area contributed by atoms with E-state index in [4.69, 9.17) is 5.11 Å². The highest BCUT2D eigenvalue weighted by molar-refractivity contribution is 4.99. The Morgan fingerprint density at radius 3 is 2.79 bits per heavy atom. The van der Waals surface area contributed by atoms with Crippen molar-refractivity contribution in [1.82, 2.24) is 14.9 Å². The first kappa shape index (κ1) is 11.2. The first-order valence-electron chi connectivity index (χ1n) is 5.00. The van der Waals surface area contributed by atoms with Gasteiger partial charge >= 0.3 is 0 Å². The van der Waals surface area contributed by atoms with Gasteiger partial charge in [-0.1, -0.05) is 0 Å². The lowest BCUT2D eigenvalue weighted by atomic mass is 10.3. The highest BCUT2D eigenvalue weighted by atomic mass is 16.3. The van der Waals surface area contributed by atoms with E-state index in [0.717, 1.165) is 12.2 Å². The molecule has 0 aromatic carbocycles. The van der Waals surface area contributed by atoms with Gasteiger partial charge in [0.2, 0.25) is 0 Å². The lowest BCUT2D eigenvalue weighted by Crippen LogP contribution is -2.29. The third-order valence-electron chi connectivity index (χ3n) is 2.21. The van der Waals surface area contributed by atoms with Crippen molar-refractivity contribution in [3.05, 3.63) is 18.2 Å². The summed E-state index contributed by atoms with van der Waals surface area (Å²) in [5, 5.41) is 12.1. The number of aliphatic hydroxyl groups excluding tert-OH is 1. The quantitative estimate of drug-likeness (QED) is 0.738. The lowest BCUT2D eigenvalue weighted by molar-refractivity contribution is 0.250. The molecule has 1 heterocycles. The predicted octanol–water partition coefficient (Wildman–Crippen LogP) is 0.934. The number of imidazole rings is 1. The zero-order valence-corrected chi connectivity index (χ0v) is 9.07. The average Bonchev–Trinajstić information content (AvgIpc) is 2.62. The maximum atomic E-state index is 8.86. The van der Waals surface area contributed by atoms with Crippen molar-refractivity contribution in [3.8, 4) is 0 Å². The summed E-state index contributed by atoms with van der Waals surface area (Å²) in [5.74, 6) is 0. The number of nitrogens with one attached hydrogen (secondary N) is 1. The lowest BCUT2D eigenvalue weighted by Gasteiger charge is -2.14. The minimum Gasteiger partial charge on any atom is -0.395 e. The van der Waals surface area contributed by atoms with Gasteiger partial charge in [-0.05, 0) is 20.8 Å². The molecule has 0 aliphatic rings. The molecular weight excluding hydrogens is 178 g/mol. The summed E-state index contributed by atoms with van der Waals surface area (Å²) in [6.45, 7) is 7.12. The Morgan fingerprint density at radius 2 is 2.21 bits per heavy atom. The van der Waals surface area contributed by atoms with Gasteiger partial charge in [-0.3, -0.25) is 0 Å². The molecule has 0 aliphatic heterocycles. The van der Waals surface area contributed by atoms with E-state index < -0.39 is 0 Å². The van der Waals surface area contributed by atoms with E-state index in [-0.39, 0.29) is 12.6 Å². The number of aromatic nitrogens is 2. The highest BCUT2D eigenvalue weighted by Crippen LogP contribution is 2.08. The van der Waals surface area contributed by atoms with Crippen molar-refractivity contribution in [2.24, 2.45) is 0 Å². The second-order valence-electron chi connectivity index (χ2n) is 3.85. The molecule has 4 heteroatoms. The Kier molecular flexibility index (Phi) is 4.10. The van der Waals surface area contributed by atoms with Crippen LogP contribution in [-0.4, -0.2) is 27.3 Å². The first-order valence-corrected chi connectivity index (χ1v) is 5.00. The van der Waals surface area contributed by atoms with Crippen molar-refractivity contribution < 1.29 is 5.11 Å². The van der Waals surface area contributed by atoms with Crippen LogP contribution in [0.15, 0.2) is 12.5 Å². The van der Waals surface area contributed by atoms with Gasteiger partial charge in [0, 0.05) is 24.8 Å². The fraction of sp³-hybridized carbons (Fsp3) is 0.700. The second kappa shape index (κ2) is 5.12. The van der Waals surface area contributed by atoms with E-state index in [1.54, 1.807) is 0 Å². The molecular formula is C10H19N3O. The van der Waals surface area contributed by atoms with E-state index in [2.05, 4.69) is 28.7 Å². The minimum atomic E-state index is 0.130. The van der Waals surface area contributed by atoms with Crippen molar-refractivity contribution in [1.29, 1.82) is 0 Å². The molecule has 0 radical (unpaired) electrons. The Morgan fingerprint density at radius 1 is 1.50 bits per heavy atom. The Hall–Kier alpha value is -0.870. The number of aliphatic hydroxyl groups is 1. The summed E-state index contributed by atoms with van der Waals surface area (Å²) in [6, 6.07) is 0.559. The number of hydrogen-bond acceptors (Lipinski definition) is 3. The summed E-state index contributed by atoms with van der Waals surface area (Å²) < 4.78 is 2.12. The molecule has 1 rings (SSSR count). The van der Waals surface area contributed by atoms with Gasteiger partial charge in [-0.15, -0.1) is 0 Å². The molecule has 2 N–H and O–H groups in total. The number of hydrogen-bond donors (Lipinski definition) is 2. The Balaban J connectivity index is 2.54. The summed E-state index contributed by atoms with van der Waals surface area (Å²) >= 11 is 0. The van der Waals surface area contributed by atoms with Gasteiger partial charge in [0.1, 0.15) is 0 Å². The molecule has 0 bridgehead atoms. The van der Waals surface area contributed by atoms with Crippen molar-refractivity contribution in [2.45, 2.75) is 39.4 Å². The van der Waals surface area contributed by atoms with Crippen LogP contribution < -0.4 is 5.32 Å². The van der Waals surface area contributed by atoms with Crippen LogP contribution in [0, 0.1) is 0 Å². The second-order valence-corrected chi connectivity index (χ2v) is 3.85. The van der Waals surface area contributed by atoms with Gasteiger partial charge in [-0.25, -0.2) is 4.98 Å². The molecule has 0 unspecified atom stereocenters. The van der Waals surface area contributed by atoms with Crippen molar-refractivity contribution in [2.75, 3.05) is 6.61 Å². The fourth-order valence-electron chi connectivity index (χ4n) is 1.28. The minimum absolute atomic E-state index is 0.130. The molecule has 4 nitrogen and oxygen atoms in total. The van der Waals surface area contributed by atoms with Crippen LogP contribution in [-0.2, 0) is 6.54 Å². The van der Waals surface area contributed by atoms with Crippen LogP contribution >= 0.6 is 0 Å². The summed E-state index contributed by atoms with van der Waals surface area (Å²) in [6.07, 6.45) is 3.70. The molecule has 0 spiro atoms. The molecule has 0 fully saturated rings. The van der Waals surface area contributed by atoms with Crippen LogP contribution in [0.1, 0.15) is 32.5 Å². The zero-order chi connectivity index (χ0) is 10.6. The topological polar surface area (TPSA) is 50.1 Å². The smallest absolute Gasteiger partial charge is 0.0951 e. The molecule has 0 saturated carbocycles. The zero-order valence-electron chi connectivity index (χ0n) is 9.07. The normalized spacial score (nSPS) is 13.5. The fourth-order valence-corrected chi connectivity index (χ4v) is 1.28. The molecule has 1 aromatic rings. The van der Waals surface area contributed by atoms with E-state index in [1.165, 1.54) is 0 Å². The van der Waals surface area contributed by atoms with Gasteiger partial charge in [0.15, 0.2) is 0 Å². The van der Waals surface area contributed by atoms with E-state index in [9.17, 15) is 0 Å². The van der Waals surface area contributed by atoms with Crippen LogP contribution in [0.4, 0.5) is 0 Å². The first-order chi connectivity index (χ1) is 6.65. The SMILES string of the molecule is CC(C)n1cncc1CN[C@H](C)CO. The summed E-state index contributed by atoms with van der Waals surface area (Å²) in [4.78, 5) is 4.11. The monoisotopic (exact) mass is 197 g/mol. The molecule has 0 amide bonds. The molecule has 1 atom stereocenters. The third-order valence-corrected chi connectivity index (χ3v) is 2.21. The number of rotatable bonds is 5. The predicted molar refractivity (Wildman–Crippen MR) is 56.0 cm³/mol. The van der Waals surface area contributed by atoms with Crippen LogP contribution in [0.3, 0.4) is 0 Å². The van der Waals surface area contributed by atoms with Gasteiger partial charge < -0.3 is 15.0 Å². The highest BCUT2D eigenvalue weighted by Gasteiger charge is 2.06. The van der Waals surface area contributed by atoms with E-state index in [0.29, 0.717) is 6.04 Å². The van der Waals surface area contributed by atoms with Crippen LogP contribution in [0.5, 0.6) is 0 Å². The number of nitrogens with zero attached hydrogens (tertiary/aromatic N) is 2. The Bertz CT molecular complexity index is 270. The molecule has 80 valence electrons. The van der Waals surface area contributed by atoms with Gasteiger partial charge in [0.25, 0.3) is 0 Å². The molecule has 1 aromatic heterocycles. The molecule has 14 heavy (non-hydrogen) atoms. The van der Waals surface area contributed by atoms with Crippen LogP contribution in [0.25, 0.3) is 0 Å². The maximum absolute atomic E-state index is 8.86. The summed E-state index contributed by atoms with van der Waals surface area (Å²) in [5.41, 5.74) is 1.15. The Labute approximate surface area is 85.0 Å². The standard InChI is InChI=1S/C10H19N3O/c1-8(2)13-7-11-4-10(13)5-12-9(3)6-14/h4,7-9,12,14H,5-6H2,1-3H3/t9-/m1/s1. The average molecular weight is 197 g/mol. The molecule has 0 saturated heterocycles. The maximum Gasteiger partial charge on any atom is 0.0951 e. The summed E-state index contributed by atoms with van der Waals surface area (Å²) in [7, 11) is 0. The molecule has 0 aliphatic carbocycles. The largest absolute Gasteiger partial charge is 0.395 e. The van der Waals surface area contributed by atoms with Gasteiger partial charge in [0.05, 0.1) is 18.6 Å².